The van der Waals surface area contributed by atoms with Crippen LogP contribution in [0.4, 0.5) is 5.69 Å². The van der Waals surface area contributed by atoms with Crippen LogP contribution in [0.25, 0.3) is 6.08 Å². The van der Waals surface area contributed by atoms with Gasteiger partial charge in [0.05, 0.1) is 30.3 Å². The number of hydrogen-bond acceptors (Lipinski definition) is 6. The number of hydrogen-bond donors (Lipinski definition) is 3. The molecule has 1 rings (SSSR count). The first-order valence-corrected chi connectivity index (χ1v) is 11.1. The SMILES string of the molecule is CC.COc1cnc(/C=C(\N)CCC(C)(C)O)cc1NC(=O)/C(C)=C/C=C\N(C=O)C(C)C. The van der Waals surface area contributed by atoms with E-state index < -0.39 is 5.60 Å². The van der Waals surface area contributed by atoms with E-state index in [-0.39, 0.29) is 11.9 Å². The Morgan fingerprint density at radius 1 is 1.36 bits per heavy atom. The van der Waals surface area contributed by atoms with Crippen LogP contribution in [0.2, 0.25) is 0 Å². The highest BCUT2D eigenvalue weighted by atomic mass is 16.5. The fourth-order valence-electron chi connectivity index (χ4n) is 2.42. The van der Waals surface area contributed by atoms with Crippen LogP contribution in [0.3, 0.4) is 0 Å². The van der Waals surface area contributed by atoms with Crippen molar-refractivity contribution in [1.82, 2.24) is 9.88 Å². The summed E-state index contributed by atoms with van der Waals surface area (Å²) in [6.07, 6.45) is 9.85. The van der Waals surface area contributed by atoms with Gasteiger partial charge in [0.1, 0.15) is 0 Å². The first-order chi connectivity index (χ1) is 15.5. The van der Waals surface area contributed by atoms with E-state index in [1.54, 1.807) is 51.3 Å². The Bertz CT molecular complexity index is 852. The molecule has 1 aromatic rings. The van der Waals surface area contributed by atoms with Gasteiger partial charge < -0.3 is 25.8 Å². The molecule has 1 heterocycles. The molecule has 8 heteroatoms. The number of ether oxygens (including phenoxy) is 1. The molecule has 0 saturated heterocycles. The number of nitrogens with zero attached hydrogens (tertiary/aromatic N) is 2. The molecule has 0 atom stereocenters. The van der Waals surface area contributed by atoms with E-state index in [1.165, 1.54) is 18.2 Å². The molecule has 33 heavy (non-hydrogen) atoms. The summed E-state index contributed by atoms with van der Waals surface area (Å²) in [6.45, 7) is 12.9. The second-order valence-electron chi connectivity index (χ2n) is 8.13. The number of rotatable bonds is 11. The van der Waals surface area contributed by atoms with E-state index in [9.17, 15) is 14.7 Å². The van der Waals surface area contributed by atoms with Gasteiger partial charge in [0.15, 0.2) is 5.75 Å². The first-order valence-electron chi connectivity index (χ1n) is 11.1. The molecule has 2 amide bonds. The minimum absolute atomic E-state index is 0.0275. The average Bonchev–Trinajstić information content (AvgIpc) is 2.76. The highest BCUT2D eigenvalue weighted by molar-refractivity contribution is 6.04. The van der Waals surface area contributed by atoms with E-state index in [2.05, 4.69) is 10.3 Å². The lowest BCUT2D eigenvalue weighted by Gasteiger charge is -2.16. The van der Waals surface area contributed by atoms with Crippen LogP contribution in [0.5, 0.6) is 5.75 Å². The largest absolute Gasteiger partial charge is 0.493 e. The van der Waals surface area contributed by atoms with Gasteiger partial charge in [-0.25, -0.2) is 0 Å². The molecule has 0 aliphatic carbocycles. The Kier molecular flexibility index (Phi) is 13.4. The molecule has 0 radical (unpaired) electrons. The lowest BCUT2D eigenvalue weighted by atomic mass is 10.0. The van der Waals surface area contributed by atoms with Crippen LogP contribution < -0.4 is 15.8 Å². The summed E-state index contributed by atoms with van der Waals surface area (Å²) in [7, 11) is 1.49. The summed E-state index contributed by atoms with van der Waals surface area (Å²) >= 11 is 0. The molecule has 0 fully saturated rings. The van der Waals surface area contributed by atoms with Crippen molar-refractivity contribution >= 4 is 24.1 Å². The highest BCUT2D eigenvalue weighted by Gasteiger charge is 2.13. The van der Waals surface area contributed by atoms with Crippen molar-refractivity contribution in [3.8, 4) is 5.75 Å². The van der Waals surface area contributed by atoms with E-state index in [0.29, 0.717) is 41.2 Å². The summed E-state index contributed by atoms with van der Waals surface area (Å²) in [6, 6.07) is 1.70. The van der Waals surface area contributed by atoms with E-state index >= 15 is 0 Å². The lowest BCUT2D eigenvalue weighted by Crippen LogP contribution is -2.23. The summed E-state index contributed by atoms with van der Waals surface area (Å²) in [4.78, 5) is 29.3. The van der Waals surface area contributed by atoms with Crippen LogP contribution in [-0.4, -0.2) is 46.1 Å². The number of aliphatic hydroxyl groups is 1. The van der Waals surface area contributed by atoms with Gasteiger partial charge in [0.25, 0.3) is 5.91 Å². The molecule has 0 bridgehead atoms. The molecule has 1 aromatic heterocycles. The number of methoxy groups -OCH3 is 1. The highest BCUT2D eigenvalue weighted by Crippen LogP contribution is 2.25. The minimum atomic E-state index is -0.804. The van der Waals surface area contributed by atoms with Crippen LogP contribution in [0.1, 0.15) is 67.0 Å². The summed E-state index contributed by atoms with van der Waals surface area (Å²) < 4.78 is 5.29. The normalized spacial score (nSPS) is 12.3. The molecule has 0 aliphatic heterocycles. The third kappa shape index (κ3) is 11.9. The monoisotopic (exact) mass is 460 g/mol. The molecule has 0 unspecified atom stereocenters. The second kappa shape index (κ2) is 14.8. The number of amides is 2. The molecule has 0 aromatic carbocycles. The second-order valence-corrected chi connectivity index (χ2v) is 8.13. The van der Waals surface area contributed by atoms with Gasteiger partial charge in [-0.15, -0.1) is 0 Å². The zero-order valence-corrected chi connectivity index (χ0v) is 21.2. The Labute approximate surface area is 198 Å². The maximum Gasteiger partial charge on any atom is 0.251 e. The van der Waals surface area contributed by atoms with E-state index in [1.807, 2.05) is 27.7 Å². The maximum absolute atomic E-state index is 12.6. The van der Waals surface area contributed by atoms with Gasteiger partial charge in [-0.1, -0.05) is 19.9 Å². The molecule has 0 aliphatic rings. The number of carbonyl (C=O) groups is 2. The molecule has 0 spiro atoms. The number of pyridine rings is 1. The van der Waals surface area contributed by atoms with Gasteiger partial charge in [-0.05, 0) is 65.7 Å². The average molecular weight is 461 g/mol. The van der Waals surface area contributed by atoms with Crippen LogP contribution >= 0.6 is 0 Å². The van der Waals surface area contributed by atoms with Gasteiger partial charge in [-0.2, -0.15) is 0 Å². The zero-order chi connectivity index (χ0) is 25.6. The minimum Gasteiger partial charge on any atom is -0.493 e. The van der Waals surface area contributed by atoms with Crippen molar-refractivity contribution in [3.05, 3.63) is 47.6 Å². The molecule has 184 valence electrons. The van der Waals surface area contributed by atoms with Crippen molar-refractivity contribution in [3.63, 3.8) is 0 Å². The fourth-order valence-corrected chi connectivity index (χ4v) is 2.42. The molecule has 4 N–H and O–H groups in total. The summed E-state index contributed by atoms with van der Waals surface area (Å²) in [5, 5.41) is 12.6. The number of nitrogens with one attached hydrogen (secondary N) is 1. The van der Waals surface area contributed by atoms with Crippen molar-refractivity contribution < 1.29 is 19.4 Å². The van der Waals surface area contributed by atoms with Crippen LogP contribution in [0.15, 0.2) is 41.9 Å². The zero-order valence-electron chi connectivity index (χ0n) is 21.2. The number of carbonyl (C=O) groups excluding carboxylic acids is 2. The van der Waals surface area contributed by atoms with Gasteiger partial charge in [0.2, 0.25) is 6.41 Å². The topological polar surface area (TPSA) is 118 Å². The maximum atomic E-state index is 12.6. The van der Waals surface area contributed by atoms with Crippen molar-refractivity contribution in [1.29, 1.82) is 0 Å². The van der Waals surface area contributed by atoms with Crippen molar-refractivity contribution in [2.75, 3.05) is 12.4 Å². The summed E-state index contributed by atoms with van der Waals surface area (Å²) in [5.74, 6) is 0.0946. The predicted molar refractivity (Wildman–Crippen MR) is 134 cm³/mol. The number of allylic oxidation sites excluding steroid dienone is 3. The van der Waals surface area contributed by atoms with Crippen LogP contribution in [0, 0.1) is 0 Å². The molecular weight excluding hydrogens is 420 g/mol. The lowest BCUT2D eigenvalue weighted by molar-refractivity contribution is -0.117. The Morgan fingerprint density at radius 2 is 2.00 bits per heavy atom. The van der Waals surface area contributed by atoms with Crippen molar-refractivity contribution in [2.24, 2.45) is 5.73 Å². The van der Waals surface area contributed by atoms with Crippen molar-refractivity contribution in [2.45, 2.75) is 73.0 Å². The standard InChI is InChI=1S/C23H34N4O4.C2H6/c1-16(2)27(15-28)11-7-8-17(3)22(29)26-20-13-19(25-14-21(20)31-6)12-18(24)9-10-23(4,5)30;1-2/h7-8,11-16,30H,9-10,24H2,1-6H3,(H,25,26,29);1-2H3/b11-7-,17-8+,18-12-;. The summed E-state index contributed by atoms with van der Waals surface area (Å²) in [5.41, 5.74) is 7.27. The Balaban J connectivity index is 0.00000497. The van der Waals surface area contributed by atoms with Gasteiger partial charge >= 0.3 is 0 Å². The van der Waals surface area contributed by atoms with Gasteiger partial charge in [-0.3, -0.25) is 14.6 Å². The molecular formula is C25H40N4O4. The third-order valence-corrected chi connectivity index (χ3v) is 4.40. The number of nitrogens with two attached hydrogens (primary N) is 1. The molecule has 0 saturated carbocycles. The predicted octanol–water partition coefficient (Wildman–Crippen LogP) is 4.23. The van der Waals surface area contributed by atoms with Crippen LogP contribution in [-0.2, 0) is 9.59 Å². The van der Waals surface area contributed by atoms with E-state index in [4.69, 9.17) is 10.5 Å². The van der Waals surface area contributed by atoms with E-state index in [0.717, 1.165) is 6.41 Å². The first kappa shape index (κ1) is 29.9. The Morgan fingerprint density at radius 3 is 2.52 bits per heavy atom. The Hall–Kier alpha value is -3.13. The smallest absolute Gasteiger partial charge is 0.251 e. The quantitative estimate of drug-likeness (QED) is 0.258. The number of aromatic nitrogens is 1. The fraction of sp³-hybridized carbons (Fsp3) is 0.480. The molecule has 8 nitrogen and oxygen atoms in total. The third-order valence-electron chi connectivity index (χ3n) is 4.40. The van der Waals surface area contributed by atoms with Gasteiger partial charge in [0, 0.05) is 23.5 Å². The number of anilines is 1.